The Bertz CT molecular complexity index is 601. The van der Waals surface area contributed by atoms with Crippen LogP contribution >= 0.6 is 23.2 Å². The lowest BCUT2D eigenvalue weighted by atomic mass is 10.2. The number of fused-ring (bicyclic) bond motifs is 1. The molecule has 0 aliphatic carbocycles. The quantitative estimate of drug-likeness (QED) is 0.492. The third-order valence-corrected chi connectivity index (χ3v) is 2.87. The van der Waals surface area contributed by atoms with Gasteiger partial charge in [0.05, 0.1) is 5.02 Å². The first kappa shape index (κ1) is 12.9. The number of halogens is 2. The van der Waals surface area contributed by atoms with E-state index in [0.29, 0.717) is 16.3 Å². The van der Waals surface area contributed by atoms with Crippen molar-refractivity contribution in [2.45, 2.75) is 6.92 Å². The van der Waals surface area contributed by atoms with Crippen molar-refractivity contribution in [1.29, 1.82) is 0 Å². The Balaban J connectivity index is 2.33. The fourth-order valence-electron chi connectivity index (χ4n) is 1.42. The predicted molar refractivity (Wildman–Crippen MR) is 69.0 cm³/mol. The highest BCUT2D eigenvalue weighted by Gasteiger charge is 2.08. The van der Waals surface area contributed by atoms with Crippen molar-refractivity contribution in [2.24, 2.45) is 0 Å². The van der Waals surface area contributed by atoms with Crippen molar-refractivity contribution >= 4 is 40.1 Å². The monoisotopic (exact) mass is 285 g/mol. The molecule has 2 rings (SSSR count). The van der Waals surface area contributed by atoms with Gasteiger partial charge in [-0.15, -0.1) is 0 Å². The number of benzene rings is 1. The molecule has 0 amide bonds. The Morgan fingerprint density at radius 1 is 1.39 bits per heavy atom. The zero-order chi connectivity index (χ0) is 13.1. The summed E-state index contributed by atoms with van der Waals surface area (Å²) in [5.74, 6) is 0.0663. The smallest absolute Gasteiger partial charge is 0.305 e. The van der Waals surface area contributed by atoms with E-state index in [2.05, 4.69) is 4.98 Å². The Hall–Kier alpha value is -1.52. The third-order valence-electron chi connectivity index (χ3n) is 2.20. The van der Waals surface area contributed by atoms with Crippen LogP contribution in [-0.2, 0) is 9.53 Å². The Labute approximate surface area is 113 Å². The van der Waals surface area contributed by atoms with Crippen LogP contribution in [0.1, 0.15) is 6.92 Å². The molecular weight excluding hydrogens is 277 g/mol. The van der Waals surface area contributed by atoms with Crippen molar-refractivity contribution in [3.8, 4) is 5.75 Å². The van der Waals surface area contributed by atoms with Crippen LogP contribution in [0.15, 0.2) is 24.3 Å². The number of rotatable bonds is 3. The highest BCUT2D eigenvalue weighted by Crippen LogP contribution is 2.29. The van der Waals surface area contributed by atoms with Gasteiger partial charge < -0.3 is 9.47 Å². The van der Waals surface area contributed by atoms with Gasteiger partial charge in [0.1, 0.15) is 16.4 Å². The van der Waals surface area contributed by atoms with E-state index in [0.717, 1.165) is 5.39 Å². The number of pyridine rings is 1. The molecule has 0 atom stereocenters. The summed E-state index contributed by atoms with van der Waals surface area (Å²) >= 11 is 11.7. The fourth-order valence-corrected chi connectivity index (χ4v) is 1.71. The van der Waals surface area contributed by atoms with Crippen molar-refractivity contribution in [3.63, 3.8) is 0 Å². The van der Waals surface area contributed by atoms with Crippen LogP contribution in [0.3, 0.4) is 0 Å². The molecule has 0 bridgehead atoms. The normalized spacial score (nSPS) is 10.4. The minimum absolute atomic E-state index is 0.170. The van der Waals surface area contributed by atoms with Crippen LogP contribution < -0.4 is 4.74 Å². The number of nitrogens with zero attached hydrogens (tertiary/aromatic N) is 1. The second-order valence-electron chi connectivity index (χ2n) is 3.49. The van der Waals surface area contributed by atoms with Gasteiger partial charge in [-0.1, -0.05) is 35.3 Å². The van der Waals surface area contributed by atoms with Gasteiger partial charge in [0.25, 0.3) is 0 Å². The maximum Gasteiger partial charge on any atom is 0.305 e. The molecular formula is C12H9Cl2NO3. The SMILES string of the molecule is CC(=O)OCOc1cccc2cc(Cl)c(Cl)nc12. The summed E-state index contributed by atoms with van der Waals surface area (Å²) in [5.41, 5.74) is 0.569. The Morgan fingerprint density at radius 3 is 2.89 bits per heavy atom. The summed E-state index contributed by atoms with van der Waals surface area (Å²) in [5, 5.41) is 1.37. The van der Waals surface area contributed by atoms with Crippen LogP contribution in [0, 0.1) is 0 Å². The molecule has 0 fully saturated rings. The highest BCUT2D eigenvalue weighted by molar-refractivity contribution is 6.41. The molecule has 0 unspecified atom stereocenters. The molecule has 0 N–H and O–H groups in total. The minimum Gasteiger partial charge on any atom is -0.455 e. The number of hydrogen-bond acceptors (Lipinski definition) is 4. The molecule has 0 aliphatic rings. The Morgan fingerprint density at radius 2 is 2.17 bits per heavy atom. The number of carbonyl (C=O) groups is 1. The third kappa shape index (κ3) is 2.83. The molecule has 0 aliphatic heterocycles. The van der Waals surface area contributed by atoms with Crippen molar-refractivity contribution < 1.29 is 14.3 Å². The van der Waals surface area contributed by atoms with Crippen LogP contribution in [0.25, 0.3) is 10.9 Å². The molecule has 6 heteroatoms. The summed E-state index contributed by atoms with van der Waals surface area (Å²) in [6.07, 6.45) is 0. The minimum atomic E-state index is -0.413. The van der Waals surface area contributed by atoms with Gasteiger partial charge in [-0.05, 0) is 12.1 Å². The number of hydrogen-bond donors (Lipinski definition) is 0. The van der Waals surface area contributed by atoms with Gasteiger partial charge in [0.15, 0.2) is 0 Å². The lowest BCUT2D eigenvalue weighted by Gasteiger charge is -2.09. The van der Waals surface area contributed by atoms with Crippen LogP contribution in [0.5, 0.6) is 5.75 Å². The topological polar surface area (TPSA) is 48.4 Å². The number of ether oxygens (including phenoxy) is 2. The average molecular weight is 286 g/mol. The van der Waals surface area contributed by atoms with Gasteiger partial charge in [0.2, 0.25) is 6.79 Å². The van der Waals surface area contributed by atoms with E-state index in [1.165, 1.54) is 6.92 Å². The molecule has 1 aromatic heterocycles. The van der Waals surface area contributed by atoms with Gasteiger partial charge in [-0.25, -0.2) is 4.98 Å². The van der Waals surface area contributed by atoms with E-state index in [4.69, 9.17) is 32.7 Å². The van der Waals surface area contributed by atoms with Crippen molar-refractivity contribution in [1.82, 2.24) is 4.98 Å². The summed E-state index contributed by atoms with van der Waals surface area (Å²) in [4.78, 5) is 14.8. The maximum absolute atomic E-state index is 10.6. The van der Waals surface area contributed by atoms with Crippen molar-refractivity contribution in [3.05, 3.63) is 34.4 Å². The molecule has 4 nitrogen and oxygen atoms in total. The lowest BCUT2D eigenvalue weighted by molar-refractivity contribution is -0.147. The van der Waals surface area contributed by atoms with Crippen LogP contribution in [0.2, 0.25) is 10.2 Å². The molecule has 1 heterocycles. The zero-order valence-electron chi connectivity index (χ0n) is 9.44. The summed E-state index contributed by atoms with van der Waals surface area (Å²) in [6, 6.07) is 7.04. The maximum atomic E-state index is 10.6. The van der Waals surface area contributed by atoms with E-state index in [9.17, 15) is 4.79 Å². The Kier molecular flexibility index (Phi) is 3.89. The first-order valence-electron chi connectivity index (χ1n) is 5.09. The lowest BCUT2D eigenvalue weighted by Crippen LogP contribution is -2.07. The molecule has 2 aromatic rings. The standard InChI is InChI=1S/C12H9Cl2NO3/c1-7(16)17-6-18-10-4-2-3-8-5-9(13)12(14)15-11(8)10/h2-5H,6H2,1H3. The molecule has 1 aromatic carbocycles. The number of esters is 1. The van der Waals surface area contributed by atoms with Crippen LogP contribution in [0.4, 0.5) is 0 Å². The largest absolute Gasteiger partial charge is 0.455 e. The van der Waals surface area contributed by atoms with E-state index in [1.54, 1.807) is 18.2 Å². The van der Waals surface area contributed by atoms with Gasteiger partial charge in [-0.2, -0.15) is 0 Å². The molecule has 94 valence electrons. The number of aromatic nitrogens is 1. The van der Waals surface area contributed by atoms with E-state index in [1.807, 2.05) is 6.07 Å². The number of para-hydroxylation sites is 1. The van der Waals surface area contributed by atoms with Gasteiger partial charge in [0, 0.05) is 12.3 Å². The summed E-state index contributed by atoms with van der Waals surface area (Å²) in [7, 11) is 0. The van der Waals surface area contributed by atoms with E-state index < -0.39 is 5.97 Å². The fraction of sp³-hybridized carbons (Fsp3) is 0.167. The van der Waals surface area contributed by atoms with Gasteiger partial charge >= 0.3 is 5.97 Å². The molecule has 0 spiro atoms. The number of carbonyl (C=O) groups excluding carboxylic acids is 1. The predicted octanol–water partition coefficient (Wildman–Crippen LogP) is 3.44. The highest BCUT2D eigenvalue weighted by atomic mass is 35.5. The first-order chi connectivity index (χ1) is 8.58. The summed E-state index contributed by atoms with van der Waals surface area (Å²) < 4.78 is 10.0. The molecule has 0 saturated carbocycles. The van der Waals surface area contributed by atoms with Gasteiger partial charge in [-0.3, -0.25) is 4.79 Å². The van der Waals surface area contributed by atoms with E-state index >= 15 is 0 Å². The van der Waals surface area contributed by atoms with E-state index in [-0.39, 0.29) is 11.9 Å². The molecule has 18 heavy (non-hydrogen) atoms. The zero-order valence-corrected chi connectivity index (χ0v) is 11.0. The molecule has 0 radical (unpaired) electrons. The second kappa shape index (κ2) is 5.42. The van der Waals surface area contributed by atoms with Crippen molar-refractivity contribution in [2.75, 3.05) is 6.79 Å². The van der Waals surface area contributed by atoms with Crippen LogP contribution in [-0.4, -0.2) is 17.7 Å². The second-order valence-corrected chi connectivity index (χ2v) is 4.25. The first-order valence-corrected chi connectivity index (χ1v) is 5.84. The average Bonchev–Trinajstić information content (AvgIpc) is 2.31. The summed E-state index contributed by atoms with van der Waals surface area (Å²) in [6.45, 7) is 1.14. The molecule has 0 saturated heterocycles.